The smallest absolute Gasteiger partial charge is 0.294 e. The number of nitrogens with zero attached hydrogens (tertiary/aromatic N) is 5. The van der Waals surface area contributed by atoms with Gasteiger partial charge in [0.25, 0.3) is 5.09 Å². The first kappa shape index (κ1) is 19.7. The largest absolute Gasteiger partial charge is 0.371 e. The van der Waals surface area contributed by atoms with Gasteiger partial charge in [0.05, 0.1) is 36.6 Å². The Kier molecular flexibility index (Phi) is 5.55. The number of hydrogen-bond donors (Lipinski definition) is 0. The molecule has 0 unspecified atom stereocenters. The Labute approximate surface area is 174 Å². The summed E-state index contributed by atoms with van der Waals surface area (Å²) in [5.74, 6) is 0. The molecule has 0 amide bonds. The highest BCUT2D eigenvalue weighted by atomic mass is 17.0. The Morgan fingerprint density at radius 3 is 2.73 bits per heavy atom. The first-order chi connectivity index (χ1) is 14.7. The molecular formula is C20H27N5O5. The number of piperazine rings is 1. The van der Waals surface area contributed by atoms with Crippen molar-refractivity contribution in [1.29, 1.82) is 0 Å². The van der Waals surface area contributed by atoms with Gasteiger partial charge in [0.2, 0.25) is 0 Å². The minimum atomic E-state index is -0.752. The molecule has 0 radical (unpaired) electrons. The zero-order valence-electron chi connectivity index (χ0n) is 16.8. The van der Waals surface area contributed by atoms with E-state index in [4.69, 9.17) is 14.3 Å². The lowest BCUT2D eigenvalue weighted by atomic mass is 10.1. The fraction of sp³-hybridized carbons (Fsp3) is 0.650. The third kappa shape index (κ3) is 3.87. The van der Waals surface area contributed by atoms with Crippen molar-refractivity contribution in [2.75, 3.05) is 45.9 Å². The molecule has 0 saturated carbocycles. The molecule has 3 saturated heterocycles. The fourth-order valence-electron chi connectivity index (χ4n) is 4.93. The highest BCUT2D eigenvalue weighted by Crippen LogP contribution is 2.32. The van der Waals surface area contributed by atoms with Gasteiger partial charge in [-0.3, -0.25) is 4.90 Å². The molecule has 1 aromatic heterocycles. The summed E-state index contributed by atoms with van der Waals surface area (Å²) < 4.78 is 13.8. The van der Waals surface area contributed by atoms with Crippen molar-refractivity contribution in [3.05, 3.63) is 40.7 Å². The maximum Gasteiger partial charge on any atom is 0.294 e. The third-order valence-corrected chi connectivity index (χ3v) is 6.48. The van der Waals surface area contributed by atoms with Crippen LogP contribution in [0.3, 0.4) is 0 Å². The lowest BCUT2D eigenvalue weighted by molar-refractivity contribution is -0.769. The van der Waals surface area contributed by atoms with Crippen LogP contribution < -0.4 is 0 Å². The van der Waals surface area contributed by atoms with E-state index in [0.717, 1.165) is 51.2 Å². The molecule has 0 bridgehead atoms. The van der Waals surface area contributed by atoms with Gasteiger partial charge in [-0.1, -0.05) is 12.1 Å². The maximum atomic E-state index is 10.6. The number of fused-ring (bicyclic) bond motifs is 2. The van der Waals surface area contributed by atoms with Crippen molar-refractivity contribution in [3.8, 4) is 0 Å². The Morgan fingerprint density at radius 2 is 1.90 bits per heavy atom. The van der Waals surface area contributed by atoms with Gasteiger partial charge in [-0.25, -0.2) is 4.98 Å². The Hall–Kier alpha value is -2.27. The molecule has 3 aliphatic rings. The average Bonchev–Trinajstić information content (AvgIpc) is 3.45. The molecule has 3 aliphatic heterocycles. The molecular weight excluding hydrogens is 390 g/mol. The van der Waals surface area contributed by atoms with Crippen LogP contribution >= 0.6 is 0 Å². The molecule has 4 heterocycles. The van der Waals surface area contributed by atoms with Crippen LogP contribution in [0.1, 0.15) is 6.42 Å². The van der Waals surface area contributed by atoms with Crippen LogP contribution in [0.25, 0.3) is 11.0 Å². The number of ether oxygens (including phenoxy) is 2. The van der Waals surface area contributed by atoms with E-state index in [1.54, 1.807) is 0 Å². The van der Waals surface area contributed by atoms with Crippen LogP contribution in [0, 0.1) is 10.1 Å². The molecule has 4 atom stereocenters. The molecule has 0 N–H and O–H groups in total. The Bertz CT molecular complexity index is 883. The molecule has 5 rings (SSSR count). The first-order valence-corrected chi connectivity index (χ1v) is 10.6. The average molecular weight is 417 g/mol. The predicted molar refractivity (Wildman–Crippen MR) is 107 cm³/mol. The number of para-hydroxylation sites is 2. The van der Waals surface area contributed by atoms with E-state index in [9.17, 15) is 10.1 Å². The monoisotopic (exact) mass is 417 g/mol. The first-order valence-electron chi connectivity index (χ1n) is 10.6. The number of hydrogen-bond acceptors (Lipinski definition) is 8. The molecule has 30 heavy (non-hydrogen) atoms. The summed E-state index contributed by atoms with van der Waals surface area (Å²) in [4.78, 5) is 24.7. The number of aryl methyl sites for hydroxylation is 1. The third-order valence-electron chi connectivity index (χ3n) is 6.48. The van der Waals surface area contributed by atoms with E-state index in [1.807, 2.05) is 18.5 Å². The zero-order chi connectivity index (χ0) is 20.5. The van der Waals surface area contributed by atoms with Gasteiger partial charge in [0.15, 0.2) is 6.10 Å². The summed E-state index contributed by atoms with van der Waals surface area (Å²) in [6, 6.07) is 8.38. The molecule has 1 aromatic carbocycles. The van der Waals surface area contributed by atoms with E-state index in [0.29, 0.717) is 6.61 Å². The van der Waals surface area contributed by atoms with Crippen LogP contribution in [0.2, 0.25) is 0 Å². The van der Waals surface area contributed by atoms with Gasteiger partial charge in [0, 0.05) is 32.7 Å². The van der Waals surface area contributed by atoms with Crippen molar-refractivity contribution < 1.29 is 19.4 Å². The predicted octanol–water partition coefficient (Wildman–Crippen LogP) is 0.787. The van der Waals surface area contributed by atoms with Crippen LogP contribution in [-0.4, -0.2) is 94.7 Å². The van der Waals surface area contributed by atoms with Crippen molar-refractivity contribution in [3.63, 3.8) is 0 Å². The van der Waals surface area contributed by atoms with Crippen molar-refractivity contribution in [2.45, 2.75) is 37.3 Å². The van der Waals surface area contributed by atoms with E-state index in [1.165, 1.54) is 5.52 Å². The van der Waals surface area contributed by atoms with Gasteiger partial charge >= 0.3 is 0 Å². The second-order valence-corrected chi connectivity index (χ2v) is 8.19. The van der Waals surface area contributed by atoms with Gasteiger partial charge in [-0.15, -0.1) is 10.1 Å². The molecule has 162 valence electrons. The van der Waals surface area contributed by atoms with E-state index in [2.05, 4.69) is 31.5 Å². The molecule has 0 spiro atoms. The normalized spacial score (nSPS) is 30.0. The Morgan fingerprint density at radius 1 is 1.10 bits per heavy atom. The second-order valence-electron chi connectivity index (χ2n) is 8.19. The molecule has 10 heteroatoms. The summed E-state index contributed by atoms with van der Waals surface area (Å²) in [6.07, 6.45) is 1.91. The standard InChI is InChI=1S/C20H27N5O5/c26-25(27)30-18-13-29-19-17(12-28-20(18)19)23-10-8-22(9-11-23)6-3-7-24-14-21-15-4-1-2-5-16(15)24/h1-2,4-5,14,17-20H,3,6-13H2/t17-,18-,19+,20+/m0/s1. The summed E-state index contributed by atoms with van der Waals surface area (Å²) in [7, 11) is 0. The molecule has 0 aliphatic carbocycles. The van der Waals surface area contributed by atoms with Crippen LogP contribution in [0.5, 0.6) is 0 Å². The summed E-state index contributed by atoms with van der Waals surface area (Å²) in [6.45, 7) is 6.71. The molecule has 10 nitrogen and oxygen atoms in total. The molecule has 3 fully saturated rings. The van der Waals surface area contributed by atoms with Crippen molar-refractivity contribution in [2.24, 2.45) is 0 Å². The van der Waals surface area contributed by atoms with Crippen LogP contribution in [0.4, 0.5) is 0 Å². The van der Waals surface area contributed by atoms with Crippen molar-refractivity contribution in [1.82, 2.24) is 19.4 Å². The van der Waals surface area contributed by atoms with Crippen LogP contribution in [0.15, 0.2) is 30.6 Å². The highest BCUT2D eigenvalue weighted by molar-refractivity contribution is 5.74. The van der Waals surface area contributed by atoms with Gasteiger partial charge in [0.1, 0.15) is 12.2 Å². The van der Waals surface area contributed by atoms with Crippen LogP contribution in [-0.2, 0) is 20.9 Å². The summed E-state index contributed by atoms with van der Waals surface area (Å²) >= 11 is 0. The maximum absolute atomic E-state index is 10.6. The van der Waals surface area contributed by atoms with Gasteiger partial charge in [-0.05, 0) is 25.1 Å². The minimum Gasteiger partial charge on any atom is -0.371 e. The van der Waals surface area contributed by atoms with Gasteiger partial charge < -0.3 is 23.8 Å². The number of imidazole rings is 1. The van der Waals surface area contributed by atoms with E-state index >= 15 is 0 Å². The summed E-state index contributed by atoms with van der Waals surface area (Å²) in [5.41, 5.74) is 2.23. The van der Waals surface area contributed by atoms with Crippen molar-refractivity contribution >= 4 is 11.0 Å². The Balaban J connectivity index is 1.07. The van der Waals surface area contributed by atoms with Gasteiger partial charge in [-0.2, -0.15) is 0 Å². The SMILES string of the molecule is O=[N+]([O-])O[C@H]1CO[C@H]2[C@@H]1OC[C@@H]2N1CCN(CCCn2cnc3ccccc32)CC1. The highest BCUT2D eigenvalue weighted by Gasteiger charge is 2.51. The number of rotatable bonds is 7. The van der Waals surface area contributed by atoms with E-state index < -0.39 is 11.2 Å². The fourth-order valence-corrected chi connectivity index (χ4v) is 4.93. The minimum absolute atomic E-state index is 0.143. The topological polar surface area (TPSA) is 95.1 Å². The lowest BCUT2D eigenvalue weighted by Gasteiger charge is -2.38. The number of benzene rings is 1. The second kappa shape index (κ2) is 8.46. The molecule has 2 aromatic rings. The quantitative estimate of drug-likeness (QED) is 0.482. The zero-order valence-corrected chi connectivity index (χ0v) is 16.8. The summed E-state index contributed by atoms with van der Waals surface area (Å²) in [5, 5.41) is 9.89. The van der Waals surface area contributed by atoms with E-state index in [-0.39, 0.29) is 24.9 Å². The number of aromatic nitrogens is 2. The lowest BCUT2D eigenvalue weighted by Crippen LogP contribution is -2.54.